The summed E-state index contributed by atoms with van der Waals surface area (Å²) >= 11 is 11.9. The first kappa shape index (κ1) is 12.1. The summed E-state index contributed by atoms with van der Waals surface area (Å²) in [5.74, 6) is -0.0743. The van der Waals surface area contributed by atoms with E-state index < -0.39 is 0 Å². The predicted molar refractivity (Wildman–Crippen MR) is 67.7 cm³/mol. The normalized spacial score (nSPS) is 10.5. The highest BCUT2D eigenvalue weighted by molar-refractivity contribution is 6.42. The molecular formula is C12H10Cl2N2O. The highest BCUT2D eigenvalue weighted by Gasteiger charge is 2.13. The third kappa shape index (κ3) is 2.68. The van der Waals surface area contributed by atoms with Crippen molar-refractivity contribution in [2.45, 2.75) is 6.42 Å². The third-order valence-corrected chi connectivity index (χ3v) is 3.24. The number of hydrogen-bond acceptors (Lipinski definition) is 2. The van der Waals surface area contributed by atoms with Gasteiger partial charge in [-0.05, 0) is 17.7 Å². The average molecular weight is 269 g/mol. The van der Waals surface area contributed by atoms with Crippen molar-refractivity contribution in [3.05, 3.63) is 51.8 Å². The summed E-state index contributed by atoms with van der Waals surface area (Å²) < 4.78 is 1.59. The van der Waals surface area contributed by atoms with Crippen LogP contribution in [-0.2, 0) is 13.5 Å². The monoisotopic (exact) mass is 268 g/mol. The molecule has 0 aliphatic carbocycles. The van der Waals surface area contributed by atoms with Crippen LogP contribution in [0, 0.1) is 0 Å². The molecule has 0 atom stereocenters. The zero-order chi connectivity index (χ0) is 12.4. The summed E-state index contributed by atoms with van der Waals surface area (Å²) in [6.45, 7) is 0. The Morgan fingerprint density at radius 3 is 2.76 bits per heavy atom. The molecule has 88 valence electrons. The molecule has 0 radical (unpaired) electrons. The molecule has 17 heavy (non-hydrogen) atoms. The topological polar surface area (TPSA) is 34.9 Å². The van der Waals surface area contributed by atoms with Gasteiger partial charge < -0.3 is 0 Å². The average Bonchev–Trinajstić information content (AvgIpc) is 2.72. The van der Waals surface area contributed by atoms with E-state index in [2.05, 4.69) is 5.10 Å². The summed E-state index contributed by atoms with van der Waals surface area (Å²) in [6, 6.07) is 6.93. The molecule has 0 N–H and O–H groups in total. The molecule has 3 nitrogen and oxygen atoms in total. The first-order valence-corrected chi connectivity index (χ1v) is 5.79. The number of halogens is 2. The Bertz CT molecular complexity index is 563. The van der Waals surface area contributed by atoms with Gasteiger partial charge >= 0.3 is 0 Å². The second-order valence-corrected chi connectivity index (χ2v) is 4.47. The van der Waals surface area contributed by atoms with Gasteiger partial charge in [0.1, 0.15) is 5.69 Å². The molecule has 0 saturated heterocycles. The van der Waals surface area contributed by atoms with Gasteiger partial charge in [-0.25, -0.2) is 0 Å². The van der Waals surface area contributed by atoms with Gasteiger partial charge in [-0.15, -0.1) is 0 Å². The van der Waals surface area contributed by atoms with Gasteiger partial charge in [0, 0.05) is 19.7 Å². The molecule has 1 aromatic carbocycles. The minimum atomic E-state index is -0.0743. The minimum absolute atomic E-state index is 0.0743. The lowest BCUT2D eigenvalue weighted by Crippen LogP contribution is -2.05. The van der Waals surface area contributed by atoms with Gasteiger partial charge in [-0.3, -0.25) is 9.48 Å². The SMILES string of the molecule is Cn1ccc(C(=O)Cc2cccc(Cl)c2Cl)n1. The molecular weight excluding hydrogens is 259 g/mol. The molecule has 2 aromatic rings. The zero-order valence-electron chi connectivity index (χ0n) is 9.15. The van der Waals surface area contributed by atoms with Crippen molar-refractivity contribution in [3.8, 4) is 0 Å². The summed E-state index contributed by atoms with van der Waals surface area (Å²) in [6.07, 6.45) is 1.93. The van der Waals surface area contributed by atoms with Crippen molar-refractivity contribution in [2.75, 3.05) is 0 Å². The molecule has 0 spiro atoms. The maximum atomic E-state index is 11.9. The molecule has 0 saturated carbocycles. The van der Waals surface area contributed by atoms with Crippen LogP contribution in [-0.4, -0.2) is 15.6 Å². The Morgan fingerprint density at radius 1 is 1.35 bits per heavy atom. The number of hydrogen-bond donors (Lipinski definition) is 0. The van der Waals surface area contributed by atoms with E-state index in [1.165, 1.54) is 0 Å². The number of rotatable bonds is 3. The van der Waals surface area contributed by atoms with Crippen LogP contribution in [0.3, 0.4) is 0 Å². The largest absolute Gasteiger partial charge is 0.292 e. The Hall–Kier alpha value is -1.32. The predicted octanol–water partition coefficient (Wildman–Crippen LogP) is 3.15. The quantitative estimate of drug-likeness (QED) is 0.802. The number of aryl methyl sites for hydroxylation is 1. The first-order chi connectivity index (χ1) is 8.08. The van der Waals surface area contributed by atoms with Gasteiger partial charge in [0.05, 0.1) is 10.0 Å². The number of ketones is 1. The van der Waals surface area contributed by atoms with Crippen molar-refractivity contribution in [2.24, 2.45) is 7.05 Å². The van der Waals surface area contributed by atoms with Crippen LogP contribution in [0.1, 0.15) is 16.1 Å². The fraction of sp³-hybridized carbons (Fsp3) is 0.167. The maximum absolute atomic E-state index is 11.9. The second kappa shape index (κ2) is 4.90. The van der Waals surface area contributed by atoms with Crippen LogP contribution < -0.4 is 0 Å². The molecule has 0 aliphatic rings. The molecule has 1 heterocycles. The van der Waals surface area contributed by atoms with Gasteiger partial charge in [-0.1, -0.05) is 35.3 Å². The first-order valence-electron chi connectivity index (χ1n) is 5.03. The lowest BCUT2D eigenvalue weighted by atomic mass is 10.1. The van der Waals surface area contributed by atoms with E-state index in [0.29, 0.717) is 15.7 Å². The number of benzene rings is 1. The summed E-state index contributed by atoms with van der Waals surface area (Å²) in [5, 5.41) is 4.94. The van der Waals surface area contributed by atoms with E-state index in [-0.39, 0.29) is 12.2 Å². The second-order valence-electron chi connectivity index (χ2n) is 3.69. The van der Waals surface area contributed by atoms with Crippen molar-refractivity contribution >= 4 is 29.0 Å². The zero-order valence-corrected chi connectivity index (χ0v) is 10.7. The Labute approximate surface area is 109 Å². The highest BCUT2D eigenvalue weighted by atomic mass is 35.5. The van der Waals surface area contributed by atoms with Gasteiger partial charge in [0.25, 0.3) is 0 Å². The highest BCUT2D eigenvalue weighted by Crippen LogP contribution is 2.26. The van der Waals surface area contributed by atoms with Gasteiger partial charge in [0.15, 0.2) is 5.78 Å². The van der Waals surface area contributed by atoms with E-state index >= 15 is 0 Å². The maximum Gasteiger partial charge on any atom is 0.187 e. The Morgan fingerprint density at radius 2 is 2.12 bits per heavy atom. The lowest BCUT2D eigenvalue weighted by molar-refractivity contribution is 0.0987. The van der Waals surface area contributed by atoms with E-state index in [1.807, 2.05) is 0 Å². The fourth-order valence-corrected chi connectivity index (χ4v) is 1.90. The van der Waals surface area contributed by atoms with E-state index in [0.717, 1.165) is 5.56 Å². The molecule has 0 unspecified atom stereocenters. The fourth-order valence-electron chi connectivity index (χ4n) is 1.51. The molecule has 5 heteroatoms. The number of carbonyl (C=O) groups is 1. The van der Waals surface area contributed by atoms with Crippen LogP contribution in [0.5, 0.6) is 0 Å². The molecule has 0 fully saturated rings. The van der Waals surface area contributed by atoms with E-state index in [1.54, 1.807) is 42.2 Å². The number of Topliss-reactive ketones (excluding diaryl/α,β-unsaturated/α-hetero) is 1. The van der Waals surface area contributed by atoms with Gasteiger partial charge in [0.2, 0.25) is 0 Å². The Kier molecular flexibility index (Phi) is 3.50. The molecule has 0 aliphatic heterocycles. The van der Waals surface area contributed by atoms with E-state index in [4.69, 9.17) is 23.2 Å². The molecule has 1 aromatic heterocycles. The number of aromatic nitrogens is 2. The summed E-state index contributed by atoms with van der Waals surface area (Å²) in [5.41, 5.74) is 1.15. The van der Waals surface area contributed by atoms with Crippen LogP contribution >= 0.6 is 23.2 Å². The van der Waals surface area contributed by atoms with Crippen molar-refractivity contribution < 1.29 is 4.79 Å². The third-order valence-electron chi connectivity index (χ3n) is 2.38. The molecule has 0 amide bonds. The van der Waals surface area contributed by atoms with Crippen molar-refractivity contribution in [3.63, 3.8) is 0 Å². The van der Waals surface area contributed by atoms with Crippen molar-refractivity contribution in [1.82, 2.24) is 9.78 Å². The summed E-state index contributed by atoms with van der Waals surface area (Å²) in [4.78, 5) is 11.9. The van der Waals surface area contributed by atoms with Crippen LogP contribution in [0.15, 0.2) is 30.5 Å². The smallest absolute Gasteiger partial charge is 0.187 e. The standard InChI is InChI=1S/C12H10Cl2N2O/c1-16-6-5-10(15-16)11(17)7-8-3-2-4-9(13)12(8)14/h2-6H,7H2,1H3. The van der Waals surface area contributed by atoms with Crippen LogP contribution in [0.4, 0.5) is 0 Å². The Balaban J connectivity index is 2.21. The summed E-state index contributed by atoms with van der Waals surface area (Å²) in [7, 11) is 1.77. The minimum Gasteiger partial charge on any atom is -0.292 e. The molecule has 0 bridgehead atoms. The van der Waals surface area contributed by atoms with Gasteiger partial charge in [-0.2, -0.15) is 5.10 Å². The number of carbonyl (C=O) groups excluding carboxylic acids is 1. The van der Waals surface area contributed by atoms with Crippen LogP contribution in [0.25, 0.3) is 0 Å². The number of nitrogens with zero attached hydrogens (tertiary/aromatic N) is 2. The van der Waals surface area contributed by atoms with Crippen molar-refractivity contribution in [1.29, 1.82) is 0 Å². The molecule has 2 rings (SSSR count). The van der Waals surface area contributed by atoms with Crippen LogP contribution in [0.2, 0.25) is 10.0 Å². The lowest BCUT2D eigenvalue weighted by Gasteiger charge is -2.03. The van der Waals surface area contributed by atoms with E-state index in [9.17, 15) is 4.79 Å².